The van der Waals surface area contributed by atoms with E-state index in [-0.39, 0.29) is 23.8 Å². The highest BCUT2D eigenvalue weighted by Crippen LogP contribution is 2.48. The summed E-state index contributed by atoms with van der Waals surface area (Å²) in [6, 6.07) is 4.49. The first kappa shape index (κ1) is 13.8. The zero-order valence-electron chi connectivity index (χ0n) is 11.9. The molecule has 1 spiro atoms. The van der Waals surface area contributed by atoms with Crippen molar-refractivity contribution in [3.05, 3.63) is 29.3 Å². The van der Waals surface area contributed by atoms with Crippen molar-refractivity contribution in [3.8, 4) is 0 Å². The lowest BCUT2D eigenvalue weighted by molar-refractivity contribution is -0.125. The summed E-state index contributed by atoms with van der Waals surface area (Å²) < 4.78 is 0. The molecule has 1 saturated carbocycles. The van der Waals surface area contributed by atoms with Crippen LogP contribution in [-0.4, -0.2) is 22.9 Å². The molecule has 1 heterocycles. The smallest absolute Gasteiger partial charge is 0.335 e. The molecule has 110 valence electrons. The van der Waals surface area contributed by atoms with E-state index in [1.165, 1.54) is 17.0 Å². The van der Waals surface area contributed by atoms with Gasteiger partial charge in [-0.1, -0.05) is 12.8 Å². The molecule has 1 aromatic carbocycles. The summed E-state index contributed by atoms with van der Waals surface area (Å²) in [4.78, 5) is 37.2. The Kier molecular flexibility index (Phi) is 3.08. The third-order valence-corrected chi connectivity index (χ3v) is 4.64. The molecule has 2 aliphatic rings. The average Bonchev–Trinajstić information content (AvgIpc) is 2.98. The Hall–Kier alpha value is -2.17. The van der Waals surface area contributed by atoms with Gasteiger partial charge in [0, 0.05) is 6.42 Å². The molecule has 1 saturated heterocycles. The summed E-state index contributed by atoms with van der Waals surface area (Å²) in [5, 5.41) is 8.99. The highest BCUT2D eigenvalue weighted by atomic mass is 16.4. The van der Waals surface area contributed by atoms with Crippen LogP contribution in [0.1, 0.15) is 48.0 Å². The Morgan fingerprint density at radius 3 is 2.48 bits per heavy atom. The van der Waals surface area contributed by atoms with Crippen LogP contribution >= 0.6 is 0 Å². The Morgan fingerprint density at radius 2 is 1.90 bits per heavy atom. The van der Waals surface area contributed by atoms with Gasteiger partial charge in [-0.15, -0.1) is 0 Å². The van der Waals surface area contributed by atoms with Gasteiger partial charge in [0.1, 0.15) is 0 Å². The fourth-order valence-corrected chi connectivity index (χ4v) is 3.52. The number of anilines is 1. The number of carboxylic acids is 1. The van der Waals surface area contributed by atoms with Crippen molar-refractivity contribution < 1.29 is 19.5 Å². The number of carbonyl (C=O) groups excluding carboxylic acids is 2. The normalized spacial score (nSPS) is 20.5. The Labute approximate surface area is 122 Å². The third-order valence-electron chi connectivity index (χ3n) is 4.64. The first-order valence-corrected chi connectivity index (χ1v) is 7.16. The van der Waals surface area contributed by atoms with Crippen LogP contribution in [0.4, 0.5) is 5.69 Å². The number of amides is 2. The topological polar surface area (TPSA) is 74.7 Å². The zero-order valence-corrected chi connectivity index (χ0v) is 11.9. The van der Waals surface area contributed by atoms with Crippen molar-refractivity contribution >= 4 is 23.5 Å². The molecule has 1 N–H and O–H groups in total. The molecule has 1 aliphatic heterocycles. The van der Waals surface area contributed by atoms with E-state index in [0.717, 1.165) is 25.7 Å². The maximum Gasteiger partial charge on any atom is 0.335 e. The molecule has 0 aromatic heterocycles. The van der Waals surface area contributed by atoms with Gasteiger partial charge < -0.3 is 5.11 Å². The third kappa shape index (κ3) is 2.04. The van der Waals surface area contributed by atoms with E-state index < -0.39 is 11.4 Å². The van der Waals surface area contributed by atoms with Crippen LogP contribution in [-0.2, 0) is 9.59 Å². The van der Waals surface area contributed by atoms with Crippen LogP contribution < -0.4 is 4.90 Å². The van der Waals surface area contributed by atoms with Gasteiger partial charge in [-0.05, 0) is 43.5 Å². The van der Waals surface area contributed by atoms with E-state index >= 15 is 0 Å². The number of rotatable bonds is 2. The SMILES string of the molecule is Cc1cc(C(=O)O)ccc1N1C(=O)CC2(CCCC2)C1=O. The van der Waals surface area contributed by atoms with E-state index in [2.05, 4.69) is 0 Å². The summed E-state index contributed by atoms with van der Waals surface area (Å²) in [5.41, 5.74) is 0.797. The number of benzene rings is 1. The number of aryl methyl sites for hydroxylation is 1. The predicted octanol–water partition coefficient (Wildman–Crippen LogP) is 2.52. The quantitative estimate of drug-likeness (QED) is 0.848. The van der Waals surface area contributed by atoms with Gasteiger partial charge in [-0.25, -0.2) is 9.69 Å². The second kappa shape index (κ2) is 4.69. The average molecular weight is 287 g/mol. The number of nitrogens with zero attached hydrogens (tertiary/aromatic N) is 1. The lowest BCUT2D eigenvalue weighted by Crippen LogP contribution is -2.34. The largest absolute Gasteiger partial charge is 0.478 e. The Bertz CT molecular complexity index is 644. The van der Waals surface area contributed by atoms with E-state index in [4.69, 9.17) is 5.11 Å². The molecule has 3 rings (SSSR count). The van der Waals surface area contributed by atoms with Gasteiger partial charge in [0.2, 0.25) is 11.8 Å². The van der Waals surface area contributed by atoms with Crippen LogP contribution in [0.3, 0.4) is 0 Å². The molecular weight excluding hydrogens is 270 g/mol. The minimum absolute atomic E-state index is 0.115. The molecule has 1 aromatic rings. The van der Waals surface area contributed by atoms with E-state index in [1.54, 1.807) is 13.0 Å². The Balaban J connectivity index is 1.99. The molecule has 0 unspecified atom stereocenters. The van der Waals surface area contributed by atoms with E-state index in [0.29, 0.717) is 11.3 Å². The van der Waals surface area contributed by atoms with Crippen LogP contribution in [0.5, 0.6) is 0 Å². The standard InChI is InChI=1S/C16H17NO4/c1-10-8-11(14(19)20)4-5-12(10)17-13(18)9-16(15(17)21)6-2-3-7-16/h4-5,8H,2-3,6-7,9H2,1H3,(H,19,20). The van der Waals surface area contributed by atoms with Gasteiger partial charge >= 0.3 is 5.97 Å². The van der Waals surface area contributed by atoms with Crippen molar-refractivity contribution in [2.24, 2.45) is 5.41 Å². The summed E-state index contributed by atoms with van der Waals surface area (Å²) >= 11 is 0. The number of hydrogen-bond donors (Lipinski definition) is 1. The first-order chi connectivity index (χ1) is 9.94. The summed E-state index contributed by atoms with van der Waals surface area (Å²) in [7, 11) is 0. The number of carboxylic acid groups (broad SMARTS) is 1. The maximum absolute atomic E-state index is 12.7. The van der Waals surface area contributed by atoms with Crippen LogP contribution in [0.15, 0.2) is 18.2 Å². The summed E-state index contributed by atoms with van der Waals surface area (Å²) in [5.74, 6) is -1.31. The molecule has 0 atom stereocenters. The maximum atomic E-state index is 12.7. The molecule has 5 heteroatoms. The van der Waals surface area contributed by atoms with Gasteiger partial charge in [0.25, 0.3) is 0 Å². The molecule has 0 bridgehead atoms. The van der Waals surface area contributed by atoms with E-state index in [9.17, 15) is 14.4 Å². The zero-order chi connectivity index (χ0) is 15.2. The van der Waals surface area contributed by atoms with Crippen LogP contribution in [0, 0.1) is 12.3 Å². The van der Waals surface area contributed by atoms with Crippen molar-refractivity contribution in [3.63, 3.8) is 0 Å². The second-order valence-corrected chi connectivity index (χ2v) is 6.00. The van der Waals surface area contributed by atoms with Crippen LogP contribution in [0.2, 0.25) is 0 Å². The number of hydrogen-bond acceptors (Lipinski definition) is 3. The van der Waals surface area contributed by atoms with Gasteiger partial charge in [0.15, 0.2) is 0 Å². The molecule has 1 aliphatic carbocycles. The monoisotopic (exact) mass is 287 g/mol. The minimum Gasteiger partial charge on any atom is -0.478 e. The van der Waals surface area contributed by atoms with Crippen molar-refractivity contribution in [2.45, 2.75) is 39.0 Å². The number of carbonyl (C=O) groups is 3. The number of aromatic carboxylic acids is 1. The second-order valence-electron chi connectivity index (χ2n) is 6.00. The highest BCUT2D eigenvalue weighted by Gasteiger charge is 2.53. The number of imide groups is 1. The van der Waals surface area contributed by atoms with Crippen molar-refractivity contribution in [1.29, 1.82) is 0 Å². The van der Waals surface area contributed by atoms with Crippen molar-refractivity contribution in [2.75, 3.05) is 4.90 Å². The van der Waals surface area contributed by atoms with Gasteiger partial charge in [0.05, 0.1) is 16.7 Å². The van der Waals surface area contributed by atoms with Crippen molar-refractivity contribution in [1.82, 2.24) is 0 Å². The summed E-state index contributed by atoms with van der Waals surface area (Å²) in [6.07, 6.45) is 3.82. The predicted molar refractivity (Wildman–Crippen MR) is 76.1 cm³/mol. The van der Waals surface area contributed by atoms with Gasteiger partial charge in [-0.3, -0.25) is 9.59 Å². The molecule has 2 amide bonds. The molecule has 2 fully saturated rings. The first-order valence-electron chi connectivity index (χ1n) is 7.16. The van der Waals surface area contributed by atoms with Gasteiger partial charge in [-0.2, -0.15) is 0 Å². The molecular formula is C16H17NO4. The summed E-state index contributed by atoms with van der Waals surface area (Å²) in [6.45, 7) is 1.72. The fraction of sp³-hybridized carbons (Fsp3) is 0.438. The molecule has 5 nitrogen and oxygen atoms in total. The molecule has 21 heavy (non-hydrogen) atoms. The minimum atomic E-state index is -1.02. The molecule has 0 radical (unpaired) electrons. The highest BCUT2D eigenvalue weighted by molar-refractivity contribution is 6.23. The lowest BCUT2D eigenvalue weighted by atomic mass is 9.84. The van der Waals surface area contributed by atoms with Crippen LogP contribution in [0.25, 0.3) is 0 Å². The van der Waals surface area contributed by atoms with E-state index in [1.807, 2.05) is 0 Å². The Morgan fingerprint density at radius 1 is 1.24 bits per heavy atom. The lowest BCUT2D eigenvalue weighted by Gasteiger charge is -2.22. The fourth-order valence-electron chi connectivity index (χ4n) is 3.52.